The lowest BCUT2D eigenvalue weighted by Gasteiger charge is -2.21. The van der Waals surface area contributed by atoms with E-state index in [0.29, 0.717) is 18.4 Å². The van der Waals surface area contributed by atoms with Gasteiger partial charge >= 0.3 is 0 Å². The molecule has 0 heterocycles. The summed E-state index contributed by atoms with van der Waals surface area (Å²) in [6.45, 7) is 11.3. The maximum atomic E-state index is 6.65. The van der Waals surface area contributed by atoms with Crippen molar-refractivity contribution >= 4 is 33.2 Å². The number of ether oxygens (including phenoxy) is 2. The molecule has 0 aliphatic carbocycles. The Bertz CT molecular complexity index is 2350. The lowest BCUT2D eigenvalue weighted by molar-refractivity contribution is 0.0820. The third kappa shape index (κ3) is 10.4. The van der Waals surface area contributed by atoms with Crippen LogP contribution in [0.5, 0.6) is 5.75 Å². The third-order valence-electron chi connectivity index (χ3n) is 12.1. The van der Waals surface area contributed by atoms with Gasteiger partial charge in [0.2, 0.25) is 0 Å². The molecule has 302 valence electrons. The van der Waals surface area contributed by atoms with Gasteiger partial charge in [-0.25, -0.2) is 0 Å². The van der Waals surface area contributed by atoms with Gasteiger partial charge in [-0.3, -0.25) is 0 Å². The van der Waals surface area contributed by atoms with E-state index >= 15 is 0 Å². The molecule has 0 radical (unpaired) electrons. The zero-order valence-corrected chi connectivity index (χ0v) is 35.8. The van der Waals surface area contributed by atoms with Crippen molar-refractivity contribution in [2.75, 3.05) is 13.2 Å². The molecule has 59 heavy (non-hydrogen) atoms. The first kappa shape index (κ1) is 41.7. The Morgan fingerprint density at radius 1 is 0.508 bits per heavy atom. The first-order valence-electron chi connectivity index (χ1n) is 22.3. The molecule has 0 spiro atoms. The van der Waals surface area contributed by atoms with Gasteiger partial charge in [0.15, 0.2) is 0 Å². The number of benzene rings is 7. The molecular formula is C57H62O2. The SMILES string of the molecule is CCCCC(CC)COCc1ccc2c(-c3ccc(C=C(c4ccccc4)c4ccccc4)cc3)c3cc(OCC(CC)CCCC)ccc3c(-c3ccccc3)c2c1. The highest BCUT2D eigenvalue weighted by atomic mass is 16.5. The maximum Gasteiger partial charge on any atom is 0.119 e. The standard InChI is InChI=1S/C57H62O2/c1-5-9-20-42(7-3)39-58-40-45-30-34-51-54(37-45)56(48-26-18-13-19-27-48)52-35-33-50(59-41-43(8-4)21-10-6-2)38-55(52)57(51)49-31-28-44(29-32-49)36-53(46-22-14-11-15-23-46)47-24-16-12-17-25-47/h11-19,22-38,42-43H,5-10,20-21,39-41H2,1-4H3. The van der Waals surface area contributed by atoms with Crippen molar-refractivity contribution in [3.05, 3.63) is 174 Å². The summed E-state index contributed by atoms with van der Waals surface area (Å²) in [5.41, 5.74) is 10.9. The minimum atomic E-state index is 0.554. The van der Waals surface area contributed by atoms with Crippen molar-refractivity contribution in [3.8, 4) is 28.0 Å². The average molecular weight is 779 g/mol. The molecule has 0 fully saturated rings. The van der Waals surface area contributed by atoms with Crippen molar-refractivity contribution in [1.29, 1.82) is 0 Å². The second-order valence-corrected chi connectivity index (χ2v) is 16.3. The summed E-state index contributed by atoms with van der Waals surface area (Å²) >= 11 is 0. The second kappa shape index (κ2) is 21.0. The molecule has 0 bridgehead atoms. The van der Waals surface area contributed by atoms with Crippen molar-refractivity contribution in [3.63, 3.8) is 0 Å². The smallest absolute Gasteiger partial charge is 0.119 e. The predicted molar refractivity (Wildman–Crippen MR) is 254 cm³/mol. The van der Waals surface area contributed by atoms with Crippen LogP contribution in [0.2, 0.25) is 0 Å². The third-order valence-corrected chi connectivity index (χ3v) is 12.1. The number of hydrogen-bond acceptors (Lipinski definition) is 2. The van der Waals surface area contributed by atoms with Gasteiger partial charge in [0, 0.05) is 6.61 Å². The topological polar surface area (TPSA) is 18.5 Å². The van der Waals surface area contributed by atoms with Crippen LogP contribution < -0.4 is 4.74 Å². The van der Waals surface area contributed by atoms with E-state index in [0.717, 1.165) is 37.4 Å². The summed E-state index contributed by atoms with van der Waals surface area (Å²) in [5.74, 6) is 2.09. The van der Waals surface area contributed by atoms with Crippen LogP contribution in [0.15, 0.2) is 152 Å². The van der Waals surface area contributed by atoms with Crippen molar-refractivity contribution in [2.24, 2.45) is 11.8 Å². The van der Waals surface area contributed by atoms with E-state index in [1.807, 2.05) is 0 Å². The molecule has 0 aromatic heterocycles. The van der Waals surface area contributed by atoms with Crippen LogP contribution in [0, 0.1) is 11.8 Å². The highest BCUT2D eigenvalue weighted by Gasteiger charge is 2.19. The molecule has 0 amide bonds. The summed E-state index contributed by atoms with van der Waals surface area (Å²) in [6, 6.07) is 55.3. The Morgan fingerprint density at radius 3 is 1.61 bits per heavy atom. The van der Waals surface area contributed by atoms with E-state index in [9.17, 15) is 0 Å². The van der Waals surface area contributed by atoms with Gasteiger partial charge in [0.05, 0.1) is 13.2 Å². The fourth-order valence-electron chi connectivity index (χ4n) is 8.50. The lowest BCUT2D eigenvalue weighted by Crippen LogP contribution is -2.11. The lowest BCUT2D eigenvalue weighted by atomic mass is 9.85. The van der Waals surface area contributed by atoms with Gasteiger partial charge in [-0.15, -0.1) is 0 Å². The molecule has 0 saturated heterocycles. The minimum Gasteiger partial charge on any atom is -0.493 e. The quantitative estimate of drug-likeness (QED) is 0.0567. The van der Waals surface area contributed by atoms with E-state index in [2.05, 4.69) is 185 Å². The van der Waals surface area contributed by atoms with Gasteiger partial charge in [-0.2, -0.15) is 0 Å². The van der Waals surface area contributed by atoms with E-state index in [-0.39, 0.29) is 0 Å². The largest absolute Gasteiger partial charge is 0.493 e. The maximum absolute atomic E-state index is 6.65. The van der Waals surface area contributed by atoms with Gasteiger partial charge < -0.3 is 9.47 Å². The molecule has 2 heteroatoms. The van der Waals surface area contributed by atoms with Crippen LogP contribution in [-0.4, -0.2) is 13.2 Å². The van der Waals surface area contributed by atoms with Gasteiger partial charge in [0.1, 0.15) is 5.75 Å². The molecule has 7 aromatic carbocycles. The van der Waals surface area contributed by atoms with Crippen LogP contribution in [0.25, 0.3) is 55.4 Å². The Morgan fingerprint density at radius 2 is 1.03 bits per heavy atom. The number of unbranched alkanes of at least 4 members (excludes halogenated alkanes) is 2. The van der Waals surface area contributed by atoms with Gasteiger partial charge in [0.25, 0.3) is 0 Å². The molecule has 7 aromatic rings. The van der Waals surface area contributed by atoms with Crippen LogP contribution in [0.4, 0.5) is 0 Å². The fourth-order valence-corrected chi connectivity index (χ4v) is 8.50. The second-order valence-electron chi connectivity index (χ2n) is 16.3. The molecule has 2 unspecified atom stereocenters. The minimum absolute atomic E-state index is 0.554. The number of fused-ring (bicyclic) bond motifs is 2. The predicted octanol–water partition coefficient (Wildman–Crippen LogP) is 16.2. The Hall–Kier alpha value is -5.44. The molecular weight excluding hydrogens is 717 g/mol. The van der Waals surface area contributed by atoms with Gasteiger partial charge in [-0.05, 0) is 121 Å². The van der Waals surface area contributed by atoms with Crippen molar-refractivity contribution in [1.82, 2.24) is 0 Å². The van der Waals surface area contributed by atoms with E-state index in [1.165, 1.54) is 105 Å². The molecule has 7 rings (SSSR count). The van der Waals surface area contributed by atoms with E-state index < -0.39 is 0 Å². The molecule has 0 aliphatic rings. The Balaban J connectivity index is 1.36. The van der Waals surface area contributed by atoms with Crippen LogP contribution >= 0.6 is 0 Å². The zero-order chi connectivity index (χ0) is 40.8. The van der Waals surface area contributed by atoms with E-state index in [4.69, 9.17) is 9.47 Å². The highest BCUT2D eigenvalue weighted by Crippen LogP contribution is 2.45. The molecule has 0 N–H and O–H groups in total. The average Bonchev–Trinajstić information content (AvgIpc) is 3.29. The zero-order valence-electron chi connectivity index (χ0n) is 35.8. The normalized spacial score (nSPS) is 12.4. The van der Waals surface area contributed by atoms with Crippen LogP contribution in [-0.2, 0) is 11.3 Å². The summed E-state index contributed by atoms with van der Waals surface area (Å²) in [4.78, 5) is 0. The van der Waals surface area contributed by atoms with Crippen molar-refractivity contribution < 1.29 is 9.47 Å². The van der Waals surface area contributed by atoms with Crippen molar-refractivity contribution in [2.45, 2.75) is 85.7 Å². The van der Waals surface area contributed by atoms with Gasteiger partial charge in [-0.1, -0.05) is 200 Å². The summed E-state index contributed by atoms with van der Waals surface area (Å²) in [5, 5.41) is 4.92. The summed E-state index contributed by atoms with van der Waals surface area (Å²) in [6.07, 6.45) is 12.0. The monoisotopic (exact) mass is 778 g/mol. The highest BCUT2D eigenvalue weighted by molar-refractivity contribution is 6.21. The molecule has 0 aliphatic heterocycles. The molecule has 0 saturated carbocycles. The summed E-state index contributed by atoms with van der Waals surface area (Å²) in [7, 11) is 0. The Labute approximate surface area is 353 Å². The molecule has 2 nitrogen and oxygen atoms in total. The Kier molecular flexibility index (Phi) is 14.8. The fraction of sp³-hybridized carbons (Fsp3) is 0.298. The number of hydrogen-bond donors (Lipinski definition) is 0. The first-order chi connectivity index (χ1) is 29.1. The van der Waals surface area contributed by atoms with Crippen LogP contribution in [0.3, 0.4) is 0 Å². The summed E-state index contributed by atoms with van der Waals surface area (Å²) < 4.78 is 13.1. The van der Waals surface area contributed by atoms with Crippen LogP contribution in [0.1, 0.15) is 101 Å². The first-order valence-corrected chi connectivity index (χ1v) is 22.3. The number of rotatable bonds is 20. The van der Waals surface area contributed by atoms with E-state index in [1.54, 1.807) is 0 Å². The molecule has 2 atom stereocenters.